The fraction of sp³-hybridized carbons (Fsp3) is 0.364. The lowest BCUT2D eigenvalue weighted by molar-refractivity contribution is -0.118. The van der Waals surface area contributed by atoms with Gasteiger partial charge in [0.25, 0.3) is 0 Å². The van der Waals surface area contributed by atoms with Crippen molar-refractivity contribution in [3.63, 3.8) is 0 Å². The molecule has 0 heterocycles. The number of phenolic OH excluding ortho intramolecular Hbond substituents is 2. The third-order valence-electron chi connectivity index (χ3n) is 2.27. The van der Waals surface area contributed by atoms with Gasteiger partial charge in [0.05, 0.1) is 0 Å². The van der Waals surface area contributed by atoms with Crippen LogP contribution in [0.25, 0.3) is 0 Å². The van der Waals surface area contributed by atoms with Crippen molar-refractivity contribution in [3.8, 4) is 11.5 Å². The molecule has 0 aliphatic carbocycles. The Labute approximate surface area is 98.9 Å². The van der Waals surface area contributed by atoms with Crippen LogP contribution in [0.1, 0.15) is 11.1 Å². The Morgan fingerprint density at radius 3 is 2.62 bits per heavy atom. The molecule has 1 aromatic rings. The minimum Gasteiger partial charge on any atom is -0.504 e. The summed E-state index contributed by atoms with van der Waals surface area (Å²) in [6.07, 6.45) is 0.586. The molecule has 5 heteroatoms. The van der Waals surface area contributed by atoms with Crippen LogP contribution in [-0.2, 0) is 11.2 Å². The first-order valence-corrected chi connectivity index (χ1v) is 5.42. The number of halogens is 1. The summed E-state index contributed by atoms with van der Waals surface area (Å²) < 4.78 is 0. The van der Waals surface area contributed by atoms with Crippen molar-refractivity contribution in [1.29, 1.82) is 0 Å². The number of hydrogen-bond donors (Lipinski definition) is 3. The van der Waals surface area contributed by atoms with E-state index in [1.165, 1.54) is 12.1 Å². The highest BCUT2D eigenvalue weighted by Crippen LogP contribution is 2.27. The molecule has 0 bridgehead atoms. The molecule has 0 radical (unpaired) electrons. The summed E-state index contributed by atoms with van der Waals surface area (Å²) in [5, 5.41) is 21.2. The number of aromatic hydroxyl groups is 2. The molecule has 4 nitrogen and oxygen atoms in total. The van der Waals surface area contributed by atoms with E-state index in [0.29, 0.717) is 13.0 Å². The highest BCUT2D eigenvalue weighted by molar-refractivity contribution is 6.27. The predicted octanol–water partition coefficient (Wildman–Crippen LogP) is 1.30. The number of alkyl halides is 1. The summed E-state index contributed by atoms with van der Waals surface area (Å²) in [7, 11) is 0. The Hall–Kier alpha value is -1.42. The summed E-state index contributed by atoms with van der Waals surface area (Å²) in [5.41, 5.74) is 1.75. The SMILES string of the molecule is Cc1cc(O)c(O)cc1CCNC(=O)CCl. The van der Waals surface area contributed by atoms with E-state index in [0.717, 1.165) is 11.1 Å². The highest BCUT2D eigenvalue weighted by atomic mass is 35.5. The van der Waals surface area contributed by atoms with Gasteiger partial charge in [0.15, 0.2) is 11.5 Å². The lowest BCUT2D eigenvalue weighted by Gasteiger charge is -2.08. The number of aryl methyl sites for hydroxylation is 1. The van der Waals surface area contributed by atoms with Gasteiger partial charge in [-0.15, -0.1) is 11.6 Å². The van der Waals surface area contributed by atoms with Gasteiger partial charge in [-0.3, -0.25) is 4.79 Å². The van der Waals surface area contributed by atoms with E-state index < -0.39 is 0 Å². The second-order valence-corrected chi connectivity index (χ2v) is 3.77. The minimum atomic E-state index is -0.220. The van der Waals surface area contributed by atoms with E-state index >= 15 is 0 Å². The quantitative estimate of drug-likeness (QED) is 0.552. The molecular weight excluding hydrogens is 230 g/mol. The number of carbonyl (C=O) groups is 1. The zero-order chi connectivity index (χ0) is 12.1. The molecule has 88 valence electrons. The topological polar surface area (TPSA) is 69.6 Å². The number of hydrogen-bond acceptors (Lipinski definition) is 3. The molecule has 0 aliphatic heterocycles. The molecule has 1 aromatic carbocycles. The standard InChI is InChI=1S/C11H14ClNO3/c1-7-4-9(14)10(15)5-8(7)2-3-13-11(16)6-12/h4-5,14-15H,2-3,6H2,1H3,(H,13,16). The van der Waals surface area contributed by atoms with Gasteiger partial charge >= 0.3 is 0 Å². The zero-order valence-corrected chi connectivity index (χ0v) is 9.71. The summed E-state index contributed by atoms with van der Waals surface area (Å²) in [6, 6.07) is 2.99. The first-order valence-electron chi connectivity index (χ1n) is 4.88. The average Bonchev–Trinajstić information content (AvgIpc) is 2.25. The van der Waals surface area contributed by atoms with Crippen molar-refractivity contribution in [2.24, 2.45) is 0 Å². The first kappa shape index (κ1) is 12.6. The molecule has 0 spiro atoms. The average molecular weight is 244 g/mol. The van der Waals surface area contributed by atoms with Gasteiger partial charge in [0.2, 0.25) is 5.91 Å². The van der Waals surface area contributed by atoms with Crippen LogP contribution in [0.4, 0.5) is 0 Å². The number of carbonyl (C=O) groups excluding carboxylic acids is 1. The monoisotopic (exact) mass is 243 g/mol. The van der Waals surface area contributed by atoms with E-state index in [2.05, 4.69) is 5.32 Å². The van der Waals surface area contributed by atoms with Crippen LogP contribution >= 0.6 is 11.6 Å². The molecule has 0 aromatic heterocycles. The maximum atomic E-state index is 10.9. The van der Waals surface area contributed by atoms with E-state index in [4.69, 9.17) is 11.6 Å². The fourth-order valence-electron chi connectivity index (χ4n) is 1.38. The third kappa shape index (κ3) is 3.31. The Morgan fingerprint density at radius 1 is 1.38 bits per heavy atom. The largest absolute Gasteiger partial charge is 0.504 e. The van der Waals surface area contributed by atoms with E-state index in [1.807, 2.05) is 6.92 Å². The van der Waals surface area contributed by atoms with Gasteiger partial charge in [-0.25, -0.2) is 0 Å². The number of amides is 1. The maximum Gasteiger partial charge on any atom is 0.234 e. The summed E-state index contributed by atoms with van der Waals surface area (Å²) in [5.74, 6) is -0.558. The summed E-state index contributed by atoms with van der Waals surface area (Å²) in [4.78, 5) is 10.9. The molecule has 1 amide bonds. The fourth-order valence-corrected chi connectivity index (χ4v) is 1.47. The molecule has 0 atom stereocenters. The molecule has 0 fully saturated rings. The van der Waals surface area contributed by atoms with Crippen molar-refractivity contribution < 1.29 is 15.0 Å². The van der Waals surface area contributed by atoms with Gasteiger partial charge in [-0.05, 0) is 36.6 Å². The van der Waals surface area contributed by atoms with Gasteiger partial charge < -0.3 is 15.5 Å². The number of nitrogens with one attached hydrogen (secondary N) is 1. The van der Waals surface area contributed by atoms with Crippen molar-refractivity contribution in [2.45, 2.75) is 13.3 Å². The van der Waals surface area contributed by atoms with E-state index in [-0.39, 0.29) is 23.3 Å². The second kappa shape index (κ2) is 5.61. The van der Waals surface area contributed by atoms with Gasteiger partial charge in [-0.2, -0.15) is 0 Å². The Bertz CT molecular complexity index is 393. The predicted molar refractivity (Wildman–Crippen MR) is 61.9 cm³/mol. The van der Waals surface area contributed by atoms with E-state index in [1.54, 1.807) is 0 Å². The molecule has 0 aliphatic rings. The van der Waals surface area contributed by atoms with Crippen molar-refractivity contribution in [2.75, 3.05) is 12.4 Å². The normalized spacial score (nSPS) is 10.1. The lowest BCUT2D eigenvalue weighted by Crippen LogP contribution is -2.26. The molecule has 1 rings (SSSR count). The van der Waals surface area contributed by atoms with Crippen LogP contribution in [0.2, 0.25) is 0 Å². The van der Waals surface area contributed by atoms with Crippen LogP contribution in [0.5, 0.6) is 11.5 Å². The molecule has 0 saturated heterocycles. The number of phenols is 2. The first-order chi connectivity index (χ1) is 7.54. The summed E-state index contributed by atoms with van der Waals surface area (Å²) in [6.45, 7) is 2.29. The van der Waals surface area contributed by atoms with Gasteiger partial charge in [0.1, 0.15) is 5.88 Å². The zero-order valence-electron chi connectivity index (χ0n) is 8.96. The lowest BCUT2D eigenvalue weighted by atomic mass is 10.0. The second-order valence-electron chi connectivity index (χ2n) is 3.50. The summed E-state index contributed by atoms with van der Waals surface area (Å²) >= 11 is 5.33. The van der Waals surface area contributed by atoms with Crippen LogP contribution < -0.4 is 5.32 Å². The molecule has 3 N–H and O–H groups in total. The van der Waals surface area contributed by atoms with Crippen LogP contribution in [-0.4, -0.2) is 28.5 Å². The molecule has 16 heavy (non-hydrogen) atoms. The van der Waals surface area contributed by atoms with Crippen molar-refractivity contribution >= 4 is 17.5 Å². The smallest absolute Gasteiger partial charge is 0.234 e. The van der Waals surface area contributed by atoms with E-state index in [9.17, 15) is 15.0 Å². The maximum absolute atomic E-state index is 10.9. The number of rotatable bonds is 4. The Kier molecular flexibility index (Phi) is 4.43. The van der Waals surface area contributed by atoms with Gasteiger partial charge in [0, 0.05) is 6.54 Å². The van der Waals surface area contributed by atoms with Crippen LogP contribution in [0, 0.1) is 6.92 Å². The third-order valence-corrected chi connectivity index (χ3v) is 2.51. The molecular formula is C11H14ClNO3. The van der Waals surface area contributed by atoms with Crippen molar-refractivity contribution in [3.05, 3.63) is 23.3 Å². The van der Waals surface area contributed by atoms with Crippen LogP contribution in [0.3, 0.4) is 0 Å². The molecule has 0 unspecified atom stereocenters. The Balaban J connectivity index is 2.60. The van der Waals surface area contributed by atoms with Crippen molar-refractivity contribution in [1.82, 2.24) is 5.32 Å². The highest BCUT2D eigenvalue weighted by Gasteiger charge is 2.05. The Morgan fingerprint density at radius 2 is 2.00 bits per heavy atom. The molecule has 0 saturated carbocycles. The minimum absolute atomic E-state index is 0.0557. The number of benzene rings is 1. The van der Waals surface area contributed by atoms with Crippen LogP contribution in [0.15, 0.2) is 12.1 Å². The van der Waals surface area contributed by atoms with Gasteiger partial charge in [-0.1, -0.05) is 0 Å².